The van der Waals surface area contributed by atoms with Gasteiger partial charge in [-0.05, 0) is 42.5 Å². The lowest BCUT2D eigenvalue weighted by atomic mass is 10.1. The first-order valence-electron chi connectivity index (χ1n) is 9.79. The number of benzene rings is 1. The quantitative estimate of drug-likeness (QED) is 0.625. The summed E-state index contributed by atoms with van der Waals surface area (Å²) in [6, 6.07) is 9.28. The van der Waals surface area contributed by atoms with Crippen LogP contribution < -0.4 is 10.2 Å². The van der Waals surface area contributed by atoms with E-state index in [1.807, 2.05) is 0 Å². The molecule has 0 saturated carbocycles. The minimum absolute atomic E-state index is 0.0684. The zero-order valence-corrected chi connectivity index (χ0v) is 17.2. The standard InChI is InChI=1S/C22H15F3N6O3/c23-22(24,25)16-6-2-1-5-15(16)20(33)31-12-4-11-30(21(31)34)18-9-8-14(13-26-18)19(32)28-17-7-3-10-27-29-17/h1-11,13H,12H2,(H,28,29,32). The molecule has 0 spiro atoms. The first-order valence-corrected chi connectivity index (χ1v) is 9.79. The van der Waals surface area contributed by atoms with Crippen molar-refractivity contribution in [3.05, 3.63) is 89.9 Å². The first-order chi connectivity index (χ1) is 16.3. The van der Waals surface area contributed by atoms with Crippen molar-refractivity contribution in [3.63, 3.8) is 0 Å². The molecule has 0 fully saturated rings. The van der Waals surface area contributed by atoms with E-state index in [-0.39, 0.29) is 23.7 Å². The Kier molecular flexibility index (Phi) is 6.04. The van der Waals surface area contributed by atoms with E-state index in [2.05, 4.69) is 20.5 Å². The van der Waals surface area contributed by atoms with E-state index in [4.69, 9.17) is 0 Å². The lowest BCUT2D eigenvalue weighted by Gasteiger charge is -2.30. The molecule has 172 valence electrons. The lowest BCUT2D eigenvalue weighted by Crippen LogP contribution is -2.47. The van der Waals surface area contributed by atoms with Crippen LogP contribution in [-0.2, 0) is 6.18 Å². The summed E-state index contributed by atoms with van der Waals surface area (Å²) >= 11 is 0. The lowest BCUT2D eigenvalue weighted by molar-refractivity contribution is -0.138. The van der Waals surface area contributed by atoms with Gasteiger partial charge in [0.2, 0.25) is 0 Å². The van der Waals surface area contributed by atoms with E-state index in [9.17, 15) is 27.6 Å². The highest BCUT2D eigenvalue weighted by Crippen LogP contribution is 2.33. The third-order valence-corrected chi connectivity index (χ3v) is 4.76. The maximum atomic E-state index is 13.3. The molecule has 3 aromatic rings. The zero-order valence-electron chi connectivity index (χ0n) is 17.2. The molecule has 1 N–H and O–H groups in total. The number of urea groups is 1. The number of carbonyl (C=O) groups excluding carboxylic acids is 3. The number of aromatic nitrogens is 3. The fraction of sp³-hybridized carbons (Fsp3) is 0.0909. The van der Waals surface area contributed by atoms with E-state index < -0.39 is 35.1 Å². The van der Waals surface area contributed by atoms with E-state index >= 15 is 0 Å². The molecular formula is C22H15F3N6O3. The zero-order chi connectivity index (χ0) is 24.3. The van der Waals surface area contributed by atoms with Crippen LogP contribution in [0.1, 0.15) is 26.3 Å². The molecule has 1 aliphatic rings. The molecule has 0 unspecified atom stereocenters. The van der Waals surface area contributed by atoms with Crippen molar-refractivity contribution in [2.24, 2.45) is 0 Å². The van der Waals surface area contributed by atoms with Gasteiger partial charge in [-0.2, -0.15) is 18.3 Å². The van der Waals surface area contributed by atoms with Crippen molar-refractivity contribution < 1.29 is 27.6 Å². The SMILES string of the molecule is O=C(Nc1cccnn1)c1ccc(N2C=CCN(C(=O)c3ccccc3C(F)(F)F)C2=O)nc1. The van der Waals surface area contributed by atoms with Gasteiger partial charge < -0.3 is 5.32 Å². The molecule has 4 rings (SSSR count). The molecule has 0 bridgehead atoms. The number of hydrogen-bond acceptors (Lipinski definition) is 6. The summed E-state index contributed by atoms with van der Waals surface area (Å²) in [6.45, 7) is -0.209. The van der Waals surface area contributed by atoms with Gasteiger partial charge in [-0.25, -0.2) is 9.78 Å². The van der Waals surface area contributed by atoms with Gasteiger partial charge >= 0.3 is 12.2 Å². The van der Waals surface area contributed by atoms with Crippen LogP contribution >= 0.6 is 0 Å². The van der Waals surface area contributed by atoms with Crippen LogP contribution in [0.15, 0.2) is 73.2 Å². The summed E-state index contributed by atoms with van der Waals surface area (Å²) in [6.07, 6.45) is 0.686. The summed E-state index contributed by atoms with van der Waals surface area (Å²) in [5.74, 6) is -1.30. The van der Waals surface area contributed by atoms with Crippen molar-refractivity contribution in [3.8, 4) is 0 Å². The monoisotopic (exact) mass is 468 g/mol. The molecule has 0 atom stereocenters. The molecule has 0 aliphatic carbocycles. The Morgan fingerprint density at radius 1 is 1.03 bits per heavy atom. The fourth-order valence-electron chi connectivity index (χ4n) is 3.16. The van der Waals surface area contributed by atoms with Crippen molar-refractivity contribution in [2.45, 2.75) is 6.18 Å². The van der Waals surface area contributed by atoms with Crippen LogP contribution in [0.4, 0.5) is 29.6 Å². The van der Waals surface area contributed by atoms with E-state index in [1.54, 1.807) is 12.1 Å². The molecule has 4 amide bonds. The average molecular weight is 468 g/mol. The third kappa shape index (κ3) is 4.60. The average Bonchev–Trinajstić information content (AvgIpc) is 2.84. The van der Waals surface area contributed by atoms with Gasteiger partial charge in [0, 0.05) is 18.6 Å². The first kappa shape index (κ1) is 22.6. The number of amides is 4. The van der Waals surface area contributed by atoms with Crippen LogP contribution in [0.3, 0.4) is 0 Å². The van der Waals surface area contributed by atoms with Gasteiger partial charge in [0.1, 0.15) is 5.82 Å². The highest BCUT2D eigenvalue weighted by molar-refractivity contribution is 6.10. The number of halogens is 3. The van der Waals surface area contributed by atoms with Crippen molar-refractivity contribution in [2.75, 3.05) is 16.8 Å². The number of rotatable bonds is 4. The third-order valence-electron chi connectivity index (χ3n) is 4.76. The molecule has 34 heavy (non-hydrogen) atoms. The Morgan fingerprint density at radius 3 is 2.50 bits per heavy atom. The molecular weight excluding hydrogens is 453 g/mol. The highest BCUT2D eigenvalue weighted by Gasteiger charge is 2.38. The maximum Gasteiger partial charge on any atom is 0.417 e. The maximum absolute atomic E-state index is 13.3. The second-order valence-corrected chi connectivity index (χ2v) is 6.96. The summed E-state index contributed by atoms with van der Waals surface area (Å²) < 4.78 is 40.0. The van der Waals surface area contributed by atoms with Gasteiger partial charge in [0.05, 0.1) is 23.2 Å². The predicted molar refractivity (Wildman–Crippen MR) is 114 cm³/mol. The highest BCUT2D eigenvalue weighted by atomic mass is 19.4. The molecule has 3 heterocycles. The number of hydrogen-bond donors (Lipinski definition) is 1. The molecule has 1 aromatic carbocycles. The smallest absolute Gasteiger partial charge is 0.305 e. The number of nitrogens with zero attached hydrogens (tertiary/aromatic N) is 5. The molecule has 2 aromatic heterocycles. The van der Waals surface area contributed by atoms with Crippen LogP contribution in [-0.4, -0.2) is 44.5 Å². The van der Waals surface area contributed by atoms with Gasteiger partial charge in [-0.1, -0.05) is 12.1 Å². The van der Waals surface area contributed by atoms with Crippen LogP contribution in [0, 0.1) is 0 Å². The number of anilines is 2. The van der Waals surface area contributed by atoms with Gasteiger partial charge in [-0.15, -0.1) is 5.10 Å². The Labute approximate surface area is 190 Å². The van der Waals surface area contributed by atoms with Gasteiger partial charge in [-0.3, -0.25) is 19.4 Å². The normalized spacial score (nSPS) is 13.7. The van der Waals surface area contributed by atoms with Crippen LogP contribution in [0.2, 0.25) is 0 Å². The topological polar surface area (TPSA) is 108 Å². The van der Waals surface area contributed by atoms with Crippen molar-refractivity contribution in [1.82, 2.24) is 20.1 Å². The summed E-state index contributed by atoms with van der Waals surface area (Å²) in [5, 5.41) is 9.93. The molecule has 0 radical (unpaired) electrons. The van der Waals surface area contributed by atoms with E-state index in [1.165, 1.54) is 42.9 Å². The number of pyridine rings is 1. The van der Waals surface area contributed by atoms with E-state index in [0.29, 0.717) is 4.90 Å². The van der Waals surface area contributed by atoms with Gasteiger partial charge in [0.15, 0.2) is 5.82 Å². The van der Waals surface area contributed by atoms with E-state index in [0.717, 1.165) is 23.1 Å². The second kappa shape index (κ2) is 9.10. The second-order valence-electron chi connectivity index (χ2n) is 6.96. The number of imide groups is 1. The summed E-state index contributed by atoms with van der Waals surface area (Å²) in [5.41, 5.74) is -1.61. The minimum Gasteiger partial charge on any atom is -0.305 e. The summed E-state index contributed by atoms with van der Waals surface area (Å²) in [4.78, 5) is 43.8. The minimum atomic E-state index is -4.76. The van der Waals surface area contributed by atoms with Gasteiger partial charge in [0.25, 0.3) is 11.8 Å². The number of alkyl halides is 3. The molecule has 12 heteroatoms. The van der Waals surface area contributed by atoms with Crippen molar-refractivity contribution in [1.29, 1.82) is 0 Å². The number of carbonyl (C=O) groups is 3. The number of nitrogens with one attached hydrogen (secondary N) is 1. The Bertz CT molecular complexity index is 1260. The van der Waals surface area contributed by atoms with Crippen LogP contribution in [0.5, 0.6) is 0 Å². The predicted octanol–water partition coefficient (Wildman–Crippen LogP) is 3.74. The largest absolute Gasteiger partial charge is 0.417 e. The van der Waals surface area contributed by atoms with Crippen molar-refractivity contribution >= 4 is 29.5 Å². The Hall–Kier alpha value is -4.61. The molecule has 0 saturated heterocycles. The van der Waals surface area contributed by atoms with Crippen LogP contribution in [0.25, 0.3) is 0 Å². The molecule has 1 aliphatic heterocycles. The Morgan fingerprint density at radius 2 is 1.82 bits per heavy atom. The molecule has 9 nitrogen and oxygen atoms in total. The fourth-order valence-corrected chi connectivity index (χ4v) is 3.16. The Balaban J connectivity index is 1.53. The summed E-state index contributed by atoms with van der Waals surface area (Å²) in [7, 11) is 0.